The molecule has 17 heavy (non-hydrogen) atoms. The summed E-state index contributed by atoms with van der Waals surface area (Å²) in [6.45, 7) is 10.8. The van der Waals surface area contributed by atoms with Gasteiger partial charge in [0.1, 0.15) is 0 Å². The van der Waals surface area contributed by atoms with E-state index in [4.69, 9.17) is 0 Å². The van der Waals surface area contributed by atoms with Gasteiger partial charge in [0.05, 0.1) is 0 Å². The Morgan fingerprint density at radius 1 is 1.00 bits per heavy atom. The summed E-state index contributed by atoms with van der Waals surface area (Å²) in [6, 6.07) is 0.816. The number of nitrogens with one attached hydrogen (secondary N) is 1. The second kappa shape index (κ2) is 7.41. The zero-order chi connectivity index (χ0) is 12.7. The number of hydrogen-bond donors (Lipinski definition) is 1. The Kier molecular flexibility index (Phi) is 6.54. The maximum Gasteiger partial charge on any atom is 0.00672 e. The van der Waals surface area contributed by atoms with Crippen molar-refractivity contribution >= 4 is 0 Å². The van der Waals surface area contributed by atoms with Gasteiger partial charge in [-0.2, -0.15) is 0 Å². The van der Waals surface area contributed by atoms with Crippen LogP contribution in [0.2, 0.25) is 0 Å². The number of rotatable bonds is 7. The maximum atomic E-state index is 3.75. The summed E-state index contributed by atoms with van der Waals surface area (Å²) in [5, 5.41) is 3.75. The van der Waals surface area contributed by atoms with Gasteiger partial charge in [-0.05, 0) is 50.0 Å². The molecule has 1 aliphatic rings. The fourth-order valence-corrected chi connectivity index (χ4v) is 3.05. The molecular formula is C16H33N. The molecule has 0 aromatic carbocycles. The van der Waals surface area contributed by atoms with Crippen molar-refractivity contribution in [1.82, 2.24) is 5.32 Å². The van der Waals surface area contributed by atoms with E-state index in [2.05, 4.69) is 33.0 Å². The minimum Gasteiger partial charge on any atom is -0.314 e. The summed E-state index contributed by atoms with van der Waals surface area (Å²) in [5.74, 6) is 0.959. The number of hydrogen-bond acceptors (Lipinski definition) is 1. The summed E-state index contributed by atoms with van der Waals surface area (Å²) in [4.78, 5) is 0. The molecule has 0 heterocycles. The quantitative estimate of drug-likeness (QED) is 0.632. The van der Waals surface area contributed by atoms with Crippen molar-refractivity contribution in [2.75, 3.05) is 6.54 Å². The maximum absolute atomic E-state index is 3.75. The Morgan fingerprint density at radius 2 is 1.65 bits per heavy atom. The molecule has 1 fully saturated rings. The molecule has 0 atom stereocenters. The van der Waals surface area contributed by atoms with Crippen LogP contribution in [0.25, 0.3) is 0 Å². The summed E-state index contributed by atoms with van der Waals surface area (Å²) < 4.78 is 0. The van der Waals surface area contributed by atoms with Crippen LogP contribution in [0.4, 0.5) is 0 Å². The molecule has 0 amide bonds. The molecule has 0 spiro atoms. The van der Waals surface area contributed by atoms with Crippen LogP contribution in [0, 0.1) is 11.3 Å². The first-order valence-electron chi connectivity index (χ1n) is 7.83. The van der Waals surface area contributed by atoms with E-state index < -0.39 is 0 Å². The average Bonchev–Trinajstić information content (AvgIpc) is 2.35. The lowest BCUT2D eigenvalue weighted by Gasteiger charge is -2.39. The third-order valence-electron chi connectivity index (χ3n) is 4.96. The SMILES string of the molecule is CCCCCNC1CCC(C(C)(C)CC)CC1. The molecule has 1 nitrogen and oxygen atoms in total. The zero-order valence-electron chi connectivity index (χ0n) is 12.5. The highest BCUT2D eigenvalue weighted by Gasteiger charge is 2.31. The van der Waals surface area contributed by atoms with Crippen LogP contribution < -0.4 is 5.32 Å². The molecule has 1 rings (SSSR count). The summed E-state index contributed by atoms with van der Waals surface area (Å²) in [5.41, 5.74) is 0.563. The van der Waals surface area contributed by atoms with Crippen LogP contribution in [-0.4, -0.2) is 12.6 Å². The van der Waals surface area contributed by atoms with E-state index >= 15 is 0 Å². The number of unbranched alkanes of at least 4 members (excludes halogenated alkanes) is 2. The first-order chi connectivity index (χ1) is 8.10. The van der Waals surface area contributed by atoms with E-state index in [0.717, 1.165) is 12.0 Å². The Bertz CT molecular complexity index is 190. The minimum atomic E-state index is 0.563. The second-order valence-electron chi connectivity index (χ2n) is 6.55. The van der Waals surface area contributed by atoms with E-state index in [1.165, 1.54) is 57.9 Å². The average molecular weight is 239 g/mol. The van der Waals surface area contributed by atoms with Crippen molar-refractivity contribution in [2.45, 2.75) is 85.1 Å². The van der Waals surface area contributed by atoms with Crippen molar-refractivity contribution in [3.63, 3.8) is 0 Å². The van der Waals surface area contributed by atoms with Gasteiger partial charge in [-0.15, -0.1) is 0 Å². The van der Waals surface area contributed by atoms with Crippen LogP contribution in [0.1, 0.15) is 79.1 Å². The normalized spacial score (nSPS) is 26.1. The van der Waals surface area contributed by atoms with E-state index in [1.807, 2.05) is 0 Å². The molecule has 1 N–H and O–H groups in total. The molecule has 1 saturated carbocycles. The molecule has 0 radical (unpaired) electrons. The van der Waals surface area contributed by atoms with Crippen LogP contribution in [0.3, 0.4) is 0 Å². The van der Waals surface area contributed by atoms with Crippen molar-refractivity contribution in [3.8, 4) is 0 Å². The Labute approximate surface area is 109 Å². The van der Waals surface area contributed by atoms with Gasteiger partial charge in [-0.1, -0.05) is 47.0 Å². The lowest BCUT2D eigenvalue weighted by molar-refractivity contribution is 0.137. The predicted molar refractivity (Wildman–Crippen MR) is 77.3 cm³/mol. The Hall–Kier alpha value is -0.0400. The van der Waals surface area contributed by atoms with E-state index in [9.17, 15) is 0 Å². The van der Waals surface area contributed by atoms with Crippen LogP contribution >= 0.6 is 0 Å². The molecule has 0 unspecified atom stereocenters. The van der Waals surface area contributed by atoms with Gasteiger partial charge in [-0.3, -0.25) is 0 Å². The molecule has 0 saturated heterocycles. The third-order valence-corrected chi connectivity index (χ3v) is 4.96. The third kappa shape index (κ3) is 4.99. The smallest absolute Gasteiger partial charge is 0.00672 e. The highest BCUT2D eigenvalue weighted by atomic mass is 14.9. The van der Waals surface area contributed by atoms with Crippen molar-refractivity contribution in [1.29, 1.82) is 0 Å². The second-order valence-corrected chi connectivity index (χ2v) is 6.55. The van der Waals surface area contributed by atoms with Gasteiger partial charge in [0.25, 0.3) is 0 Å². The van der Waals surface area contributed by atoms with Gasteiger partial charge in [0.15, 0.2) is 0 Å². The molecule has 0 aromatic rings. The lowest BCUT2D eigenvalue weighted by atomic mass is 9.69. The highest BCUT2D eigenvalue weighted by Crippen LogP contribution is 2.40. The fourth-order valence-electron chi connectivity index (χ4n) is 3.05. The monoisotopic (exact) mass is 239 g/mol. The summed E-state index contributed by atoms with van der Waals surface area (Å²) >= 11 is 0. The topological polar surface area (TPSA) is 12.0 Å². The first kappa shape index (κ1) is 15.0. The minimum absolute atomic E-state index is 0.563. The molecule has 0 bridgehead atoms. The van der Waals surface area contributed by atoms with Crippen LogP contribution in [0.5, 0.6) is 0 Å². The highest BCUT2D eigenvalue weighted by molar-refractivity contribution is 4.84. The standard InChI is InChI=1S/C16H33N/c1-5-7-8-13-17-15-11-9-14(10-12-15)16(3,4)6-2/h14-15,17H,5-13H2,1-4H3. The Balaban J connectivity index is 2.17. The van der Waals surface area contributed by atoms with Crippen LogP contribution in [0.15, 0.2) is 0 Å². The van der Waals surface area contributed by atoms with Crippen molar-refractivity contribution in [2.24, 2.45) is 11.3 Å². The fraction of sp³-hybridized carbons (Fsp3) is 1.00. The molecule has 0 aromatic heterocycles. The molecule has 102 valence electrons. The van der Waals surface area contributed by atoms with E-state index in [-0.39, 0.29) is 0 Å². The predicted octanol–water partition coefficient (Wildman–Crippen LogP) is 4.76. The molecule has 1 heteroatoms. The summed E-state index contributed by atoms with van der Waals surface area (Å²) in [7, 11) is 0. The van der Waals surface area contributed by atoms with Gasteiger partial charge in [-0.25, -0.2) is 0 Å². The van der Waals surface area contributed by atoms with E-state index in [0.29, 0.717) is 5.41 Å². The molecular weight excluding hydrogens is 206 g/mol. The van der Waals surface area contributed by atoms with Crippen molar-refractivity contribution in [3.05, 3.63) is 0 Å². The molecule has 0 aliphatic heterocycles. The molecule has 1 aliphatic carbocycles. The van der Waals surface area contributed by atoms with Gasteiger partial charge in [0.2, 0.25) is 0 Å². The lowest BCUT2D eigenvalue weighted by Crippen LogP contribution is -2.37. The van der Waals surface area contributed by atoms with Gasteiger partial charge < -0.3 is 5.32 Å². The summed E-state index contributed by atoms with van der Waals surface area (Å²) in [6.07, 6.45) is 11.1. The largest absolute Gasteiger partial charge is 0.314 e. The van der Waals surface area contributed by atoms with Gasteiger partial charge >= 0.3 is 0 Å². The van der Waals surface area contributed by atoms with Gasteiger partial charge in [0, 0.05) is 6.04 Å². The van der Waals surface area contributed by atoms with Crippen LogP contribution in [-0.2, 0) is 0 Å². The Morgan fingerprint density at radius 3 is 2.18 bits per heavy atom. The van der Waals surface area contributed by atoms with Crippen molar-refractivity contribution < 1.29 is 0 Å². The zero-order valence-corrected chi connectivity index (χ0v) is 12.5. The first-order valence-corrected chi connectivity index (χ1v) is 7.83. The van der Waals surface area contributed by atoms with E-state index in [1.54, 1.807) is 0 Å².